The molecule has 184 valence electrons. The maximum absolute atomic E-state index is 13.6. The Hall–Kier alpha value is -2.92. The number of benzene rings is 1. The van der Waals surface area contributed by atoms with E-state index >= 15 is 0 Å². The molecule has 12 heteroatoms. The summed E-state index contributed by atoms with van der Waals surface area (Å²) in [6.07, 6.45) is -0.434. The summed E-state index contributed by atoms with van der Waals surface area (Å²) in [5.41, 5.74) is -1.56. The van der Waals surface area contributed by atoms with E-state index in [1.165, 1.54) is 14.0 Å². The molecular weight excluding hydrogens is 490 g/mol. The molecule has 34 heavy (non-hydrogen) atoms. The number of β-lactam (4-membered cyclic amide) rings is 1. The van der Waals surface area contributed by atoms with Crippen LogP contribution in [-0.2, 0) is 45.1 Å². The highest BCUT2D eigenvalue weighted by molar-refractivity contribution is 7.95. The number of halogens is 1. The molecule has 0 radical (unpaired) electrons. The fourth-order valence-electron chi connectivity index (χ4n) is 3.96. The monoisotopic (exact) mass is 513 g/mol. The second-order valence-electron chi connectivity index (χ2n) is 8.00. The van der Waals surface area contributed by atoms with Crippen molar-refractivity contribution in [3.63, 3.8) is 0 Å². The molecule has 2 aliphatic rings. The number of amides is 1. The van der Waals surface area contributed by atoms with E-state index in [9.17, 15) is 27.6 Å². The van der Waals surface area contributed by atoms with Crippen LogP contribution < -0.4 is 4.74 Å². The first-order chi connectivity index (χ1) is 15.9. The van der Waals surface area contributed by atoms with E-state index in [1.807, 2.05) is 0 Å². The first-order valence-corrected chi connectivity index (χ1v) is 12.3. The fourth-order valence-corrected chi connectivity index (χ4v) is 6.43. The number of Topliss-reactive ketones (excluding diaryl/α,β-unsaturated/α-hetero) is 1. The van der Waals surface area contributed by atoms with Gasteiger partial charge in [-0.05, 0) is 31.0 Å². The molecule has 0 N–H and O–H groups in total. The molecule has 3 rings (SSSR count). The zero-order valence-electron chi connectivity index (χ0n) is 18.8. The lowest BCUT2D eigenvalue weighted by Crippen LogP contribution is -2.77. The van der Waals surface area contributed by atoms with Gasteiger partial charge in [-0.25, -0.2) is 13.2 Å². The summed E-state index contributed by atoms with van der Waals surface area (Å²) in [6, 6.07) is 6.67. The van der Waals surface area contributed by atoms with E-state index in [0.717, 1.165) is 17.2 Å². The second-order valence-corrected chi connectivity index (χ2v) is 10.4. The predicted octanol–water partition coefficient (Wildman–Crippen LogP) is 1.50. The molecule has 1 aromatic carbocycles. The Morgan fingerprint density at radius 3 is 2.29 bits per heavy atom. The number of esters is 2. The van der Waals surface area contributed by atoms with Crippen molar-refractivity contribution < 1.29 is 41.8 Å². The van der Waals surface area contributed by atoms with Gasteiger partial charge in [0.15, 0.2) is 20.8 Å². The normalized spacial score (nSPS) is 24.9. The van der Waals surface area contributed by atoms with Crippen LogP contribution in [0.1, 0.15) is 32.3 Å². The predicted molar refractivity (Wildman–Crippen MR) is 119 cm³/mol. The Bertz CT molecular complexity index is 1150. The molecule has 2 aliphatic heterocycles. The van der Waals surface area contributed by atoms with Crippen LogP contribution in [0, 0.1) is 0 Å². The highest BCUT2D eigenvalue weighted by atomic mass is 35.5. The van der Waals surface area contributed by atoms with E-state index in [0.29, 0.717) is 11.3 Å². The van der Waals surface area contributed by atoms with Crippen LogP contribution in [0.3, 0.4) is 0 Å². The van der Waals surface area contributed by atoms with Crippen LogP contribution in [0.2, 0.25) is 0 Å². The van der Waals surface area contributed by atoms with Gasteiger partial charge >= 0.3 is 11.9 Å². The quantitative estimate of drug-likeness (QED) is 0.273. The van der Waals surface area contributed by atoms with Crippen molar-refractivity contribution in [2.75, 3.05) is 13.7 Å². The number of methoxy groups -OCH3 is 1. The molecule has 10 nitrogen and oxygen atoms in total. The van der Waals surface area contributed by atoms with Gasteiger partial charge in [0, 0.05) is 24.3 Å². The molecule has 0 bridgehead atoms. The maximum Gasteiger partial charge on any atom is 0.337 e. The van der Waals surface area contributed by atoms with Crippen LogP contribution in [0.5, 0.6) is 5.75 Å². The van der Waals surface area contributed by atoms with E-state index in [1.54, 1.807) is 24.3 Å². The van der Waals surface area contributed by atoms with Crippen molar-refractivity contribution in [1.82, 2.24) is 4.90 Å². The minimum absolute atomic E-state index is 0.168. The van der Waals surface area contributed by atoms with Crippen molar-refractivity contribution in [1.29, 1.82) is 0 Å². The Morgan fingerprint density at radius 2 is 1.74 bits per heavy atom. The van der Waals surface area contributed by atoms with Crippen LogP contribution >= 0.6 is 11.6 Å². The second kappa shape index (κ2) is 9.75. The van der Waals surface area contributed by atoms with Crippen molar-refractivity contribution in [2.24, 2.45) is 0 Å². The van der Waals surface area contributed by atoms with Crippen LogP contribution in [-0.4, -0.2) is 67.0 Å². The van der Waals surface area contributed by atoms with Gasteiger partial charge in [-0.15, -0.1) is 11.6 Å². The summed E-state index contributed by atoms with van der Waals surface area (Å²) < 4.78 is 41.2. The highest BCUT2D eigenvalue weighted by Crippen LogP contribution is 2.47. The van der Waals surface area contributed by atoms with Crippen molar-refractivity contribution >= 4 is 45.1 Å². The lowest BCUT2D eigenvalue weighted by atomic mass is 9.80. The van der Waals surface area contributed by atoms with Crippen molar-refractivity contribution in [3.8, 4) is 5.75 Å². The summed E-state index contributed by atoms with van der Waals surface area (Å²) in [7, 11) is -2.60. The SMILES string of the molecule is COc1ccc(COC(=O)C2(CCC(C)=O)C(COC(C)=O)=CS(=O)(=O)[C@H]3[C@@H](Cl)C(=O)N32)cc1. The molecule has 0 aliphatic carbocycles. The van der Waals surface area contributed by atoms with Gasteiger partial charge < -0.3 is 23.9 Å². The summed E-state index contributed by atoms with van der Waals surface area (Å²) in [4.78, 5) is 50.5. The Balaban J connectivity index is 2.04. The number of carbonyl (C=O) groups excluding carboxylic acids is 4. The minimum Gasteiger partial charge on any atom is -0.497 e. The number of fused-ring (bicyclic) bond motifs is 1. The number of ketones is 1. The Kier molecular flexibility index (Phi) is 7.37. The Labute approximate surface area is 201 Å². The van der Waals surface area contributed by atoms with E-state index in [2.05, 4.69) is 0 Å². The average molecular weight is 514 g/mol. The molecule has 0 spiro atoms. The average Bonchev–Trinajstić information content (AvgIpc) is 2.79. The van der Waals surface area contributed by atoms with E-state index in [-0.39, 0.29) is 30.8 Å². The molecule has 3 atom stereocenters. The van der Waals surface area contributed by atoms with Gasteiger partial charge in [-0.1, -0.05) is 12.1 Å². The maximum atomic E-state index is 13.6. The van der Waals surface area contributed by atoms with E-state index in [4.69, 9.17) is 25.8 Å². The zero-order chi connectivity index (χ0) is 25.3. The first-order valence-electron chi connectivity index (χ1n) is 10.3. The number of sulfone groups is 1. The Morgan fingerprint density at radius 1 is 1.09 bits per heavy atom. The van der Waals surface area contributed by atoms with Gasteiger partial charge in [-0.3, -0.25) is 9.59 Å². The lowest BCUT2D eigenvalue weighted by molar-refractivity contribution is -0.172. The topological polar surface area (TPSA) is 133 Å². The smallest absolute Gasteiger partial charge is 0.337 e. The molecular formula is C22H24ClNO9S. The zero-order valence-corrected chi connectivity index (χ0v) is 20.3. The number of alkyl halides is 1. The van der Waals surface area contributed by atoms with Crippen LogP contribution in [0.25, 0.3) is 0 Å². The molecule has 1 aromatic rings. The molecule has 1 amide bonds. The first kappa shape index (κ1) is 25.7. The third-order valence-corrected chi connectivity index (χ3v) is 8.04. The van der Waals surface area contributed by atoms with Gasteiger partial charge in [0.25, 0.3) is 0 Å². The number of rotatable bonds is 9. The number of carbonyl (C=O) groups is 4. The fraction of sp³-hybridized carbons (Fsp3) is 0.455. The summed E-state index contributed by atoms with van der Waals surface area (Å²) in [5.74, 6) is -2.18. The minimum atomic E-state index is -4.11. The molecule has 0 saturated carbocycles. The van der Waals surface area contributed by atoms with Crippen LogP contribution in [0.15, 0.2) is 35.2 Å². The van der Waals surface area contributed by atoms with Gasteiger partial charge in [0.05, 0.1) is 7.11 Å². The number of nitrogens with zero attached hydrogens (tertiary/aromatic N) is 1. The number of hydrogen-bond donors (Lipinski definition) is 0. The summed E-state index contributed by atoms with van der Waals surface area (Å²) >= 11 is 6.01. The van der Waals surface area contributed by atoms with Gasteiger partial charge in [0.2, 0.25) is 5.91 Å². The number of ether oxygens (including phenoxy) is 3. The largest absolute Gasteiger partial charge is 0.497 e. The van der Waals surface area contributed by atoms with Gasteiger partial charge in [-0.2, -0.15) is 0 Å². The van der Waals surface area contributed by atoms with Crippen molar-refractivity contribution in [3.05, 3.63) is 40.8 Å². The highest BCUT2D eigenvalue weighted by Gasteiger charge is 2.67. The van der Waals surface area contributed by atoms with E-state index < -0.39 is 50.6 Å². The molecule has 0 aromatic heterocycles. The third kappa shape index (κ3) is 4.67. The molecule has 1 saturated heterocycles. The number of hydrogen-bond acceptors (Lipinski definition) is 9. The molecule has 2 heterocycles. The van der Waals surface area contributed by atoms with Crippen LogP contribution in [0.4, 0.5) is 0 Å². The summed E-state index contributed by atoms with van der Waals surface area (Å²) in [6.45, 7) is 1.62. The third-order valence-electron chi connectivity index (χ3n) is 5.70. The standard InChI is InChI=1S/C22H24ClNO9S/c1-13(25)8-9-22(21(28)33-10-15-4-6-17(31-3)7-5-15)16(11-32-14(2)26)12-34(29,30)20-18(23)19(27)24(20)22/h4-7,12,18,20H,8-11H2,1-3H3/t18-,20-,22?/m0/s1. The lowest BCUT2D eigenvalue weighted by Gasteiger charge is -2.55. The molecule has 1 fully saturated rings. The van der Waals surface area contributed by atoms with Gasteiger partial charge in [0.1, 0.15) is 30.1 Å². The molecule has 1 unspecified atom stereocenters. The van der Waals surface area contributed by atoms with Crippen molar-refractivity contribution in [2.45, 2.75) is 49.6 Å². The summed E-state index contributed by atoms with van der Waals surface area (Å²) in [5, 5.41) is -2.11.